The molecule has 0 bridgehead atoms. The summed E-state index contributed by atoms with van der Waals surface area (Å²) in [6.45, 7) is 0.678. The number of carboxylic acid groups (broad SMARTS) is 2. The molecule has 0 atom stereocenters. The quantitative estimate of drug-likeness (QED) is 0.481. The second-order valence-electron chi connectivity index (χ2n) is 7.98. The average molecular weight is 407 g/mol. The Morgan fingerprint density at radius 1 is 1.03 bits per heavy atom. The standard InChI is InChI=1S/C24H25NO5/c26-23(27)10-6-15-5-9-22(30-14-16-3-1-2-4-16)19(11-15)17-7-8-20-18(12-17)13-21(25-20)24(28)29/h5,7-9,11-13,16,25H,1-4,6,10,14H2,(H,26,27)(H,28,29). The lowest BCUT2D eigenvalue weighted by molar-refractivity contribution is -0.136. The third-order valence-corrected chi connectivity index (χ3v) is 5.78. The smallest absolute Gasteiger partial charge is 0.352 e. The molecule has 156 valence electrons. The van der Waals surface area contributed by atoms with E-state index in [0.717, 1.165) is 33.3 Å². The summed E-state index contributed by atoms with van der Waals surface area (Å²) in [7, 11) is 0. The second kappa shape index (κ2) is 8.61. The third-order valence-electron chi connectivity index (χ3n) is 5.78. The maximum absolute atomic E-state index is 11.3. The number of carbonyl (C=O) groups is 2. The molecule has 2 aromatic carbocycles. The van der Waals surface area contributed by atoms with Crippen molar-refractivity contribution in [1.82, 2.24) is 4.98 Å². The van der Waals surface area contributed by atoms with Crippen LogP contribution in [0.4, 0.5) is 0 Å². The summed E-state index contributed by atoms with van der Waals surface area (Å²) >= 11 is 0. The van der Waals surface area contributed by atoms with E-state index in [9.17, 15) is 14.7 Å². The van der Waals surface area contributed by atoms with Crippen molar-refractivity contribution in [2.24, 2.45) is 5.92 Å². The number of aryl methyl sites for hydroxylation is 1. The number of fused-ring (bicyclic) bond motifs is 1. The van der Waals surface area contributed by atoms with Gasteiger partial charge in [0.1, 0.15) is 11.4 Å². The summed E-state index contributed by atoms with van der Waals surface area (Å²) in [4.78, 5) is 25.1. The highest BCUT2D eigenvalue weighted by Gasteiger charge is 2.17. The molecule has 6 nitrogen and oxygen atoms in total. The first-order chi connectivity index (χ1) is 14.5. The Labute approximate surface area is 174 Å². The Bertz CT molecular complexity index is 1080. The van der Waals surface area contributed by atoms with Crippen LogP contribution in [-0.4, -0.2) is 33.7 Å². The summed E-state index contributed by atoms with van der Waals surface area (Å²) in [6, 6.07) is 13.2. The molecule has 30 heavy (non-hydrogen) atoms. The zero-order valence-corrected chi connectivity index (χ0v) is 16.7. The summed E-state index contributed by atoms with van der Waals surface area (Å²) in [6.07, 6.45) is 5.41. The normalized spacial score (nSPS) is 14.3. The summed E-state index contributed by atoms with van der Waals surface area (Å²) < 4.78 is 6.19. The minimum atomic E-state index is -0.996. The highest BCUT2D eigenvalue weighted by atomic mass is 16.5. The van der Waals surface area contributed by atoms with Crippen molar-refractivity contribution in [2.75, 3.05) is 6.61 Å². The molecule has 0 aliphatic heterocycles. The number of rotatable bonds is 8. The van der Waals surface area contributed by atoms with Crippen molar-refractivity contribution in [3.63, 3.8) is 0 Å². The first kappa shape index (κ1) is 20.0. The van der Waals surface area contributed by atoms with Gasteiger partial charge in [-0.1, -0.05) is 25.0 Å². The van der Waals surface area contributed by atoms with E-state index >= 15 is 0 Å². The molecule has 1 aromatic heterocycles. The Morgan fingerprint density at radius 2 is 1.83 bits per heavy atom. The van der Waals surface area contributed by atoms with Gasteiger partial charge in [-0.05, 0) is 66.6 Å². The predicted molar refractivity (Wildman–Crippen MR) is 114 cm³/mol. The molecular formula is C24H25NO5. The van der Waals surface area contributed by atoms with E-state index in [1.54, 1.807) is 6.07 Å². The van der Waals surface area contributed by atoms with E-state index in [1.165, 1.54) is 25.7 Å². The largest absolute Gasteiger partial charge is 0.493 e. The lowest BCUT2D eigenvalue weighted by atomic mass is 9.98. The van der Waals surface area contributed by atoms with Gasteiger partial charge < -0.3 is 19.9 Å². The molecule has 0 spiro atoms. The fourth-order valence-corrected chi connectivity index (χ4v) is 4.14. The fourth-order valence-electron chi connectivity index (χ4n) is 4.14. The highest BCUT2D eigenvalue weighted by molar-refractivity contribution is 5.95. The number of ether oxygens (including phenoxy) is 1. The van der Waals surface area contributed by atoms with E-state index in [1.807, 2.05) is 36.4 Å². The lowest BCUT2D eigenvalue weighted by Crippen LogP contribution is -2.09. The van der Waals surface area contributed by atoms with Crippen molar-refractivity contribution in [3.05, 3.63) is 53.7 Å². The van der Waals surface area contributed by atoms with Crippen molar-refractivity contribution in [1.29, 1.82) is 0 Å². The van der Waals surface area contributed by atoms with Crippen molar-refractivity contribution in [3.8, 4) is 16.9 Å². The number of hydrogen-bond donors (Lipinski definition) is 3. The van der Waals surface area contributed by atoms with Crippen LogP contribution < -0.4 is 4.74 Å². The van der Waals surface area contributed by atoms with Gasteiger partial charge in [-0.25, -0.2) is 4.79 Å². The minimum Gasteiger partial charge on any atom is -0.493 e. The van der Waals surface area contributed by atoms with Crippen LogP contribution in [0.15, 0.2) is 42.5 Å². The second-order valence-corrected chi connectivity index (χ2v) is 7.98. The number of aromatic nitrogens is 1. The average Bonchev–Trinajstić information content (AvgIpc) is 3.40. The lowest BCUT2D eigenvalue weighted by Gasteiger charge is -2.16. The summed E-state index contributed by atoms with van der Waals surface area (Å²) in [5.41, 5.74) is 3.65. The van der Waals surface area contributed by atoms with E-state index in [2.05, 4.69) is 4.98 Å². The molecule has 3 aromatic rings. The molecule has 4 rings (SSSR count). The molecule has 1 saturated carbocycles. The topological polar surface area (TPSA) is 99.6 Å². The Kier molecular flexibility index (Phi) is 5.74. The van der Waals surface area contributed by atoms with Crippen molar-refractivity contribution >= 4 is 22.8 Å². The van der Waals surface area contributed by atoms with Crippen LogP contribution in [0.25, 0.3) is 22.0 Å². The van der Waals surface area contributed by atoms with Gasteiger partial charge in [0.05, 0.1) is 6.61 Å². The van der Waals surface area contributed by atoms with Gasteiger partial charge >= 0.3 is 11.9 Å². The Hall–Kier alpha value is -3.28. The van der Waals surface area contributed by atoms with Gasteiger partial charge in [-0.2, -0.15) is 0 Å². The van der Waals surface area contributed by atoms with E-state index in [4.69, 9.17) is 9.84 Å². The summed E-state index contributed by atoms with van der Waals surface area (Å²) in [5, 5.41) is 19.0. The number of carboxylic acids is 2. The maximum Gasteiger partial charge on any atom is 0.352 e. The predicted octanol–water partition coefficient (Wildman–Crippen LogP) is 5.12. The highest BCUT2D eigenvalue weighted by Crippen LogP contribution is 2.35. The van der Waals surface area contributed by atoms with Crippen LogP contribution >= 0.6 is 0 Å². The van der Waals surface area contributed by atoms with Gasteiger partial charge in [0, 0.05) is 22.9 Å². The molecular weight excluding hydrogens is 382 g/mol. The number of hydrogen-bond acceptors (Lipinski definition) is 3. The number of benzene rings is 2. The monoisotopic (exact) mass is 407 g/mol. The zero-order valence-electron chi connectivity index (χ0n) is 16.7. The van der Waals surface area contributed by atoms with Gasteiger partial charge in [0.2, 0.25) is 0 Å². The van der Waals surface area contributed by atoms with Crippen molar-refractivity contribution in [2.45, 2.75) is 38.5 Å². The van der Waals surface area contributed by atoms with Crippen LogP contribution in [0.1, 0.15) is 48.2 Å². The molecule has 3 N–H and O–H groups in total. The Morgan fingerprint density at radius 3 is 2.57 bits per heavy atom. The number of aromatic carboxylic acids is 1. The number of H-pyrrole nitrogens is 1. The number of aromatic amines is 1. The number of aliphatic carboxylic acids is 1. The van der Waals surface area contributed by atoms with Crippen LogP contribution in [-0.2, 0) is 11.2 Å². The first-order valence-electron chi connectivity index (χ1n) is 10.3. The summed E-state index contributed by atoms with van der Waals surface area (Å²) in [5.74, 6) is -0.471. The van der Waals surface area contributed by atoms with Gasteiger partial charge in [0.15, 0.2) is 0 Å². The molecule has 0 amide bonds. The van der Waals surface area contributed by atoms with E-state index in [-0.39, 0.29) is 12.1 Å². The molecule has 0 unspecified atom stereocenters. The zero-order chi connectivity index (χ0) is 21.1. The van der Waals surface area contributed by atoms with Crippen LogP contribution in [0, 0.1) is 5.92 Å². The first-order valence-corrected chi connectivity index (χ1v) is 10.3. The molecule has 0 radical (unpaired) electrons. The van der Waals surface area contributed by atoms with Crippen LogP contribution in [0.2, 0.25) is 0 Å². The van der Waals surface area contributed by atoms with Gasteiger partial charge in [0.25, 0.3) is 0 Å². The number of nitrogens with one attached hydrogen (secondary N) is 1. The molecule has 1 aliphatic rings. The van der Waals surface area contributed by atoms with Gasteiger partial charge in [-0.3, -0.25) is 4.79 Å². The fraction of sp³-hybridized carbons (Fsp3) is 0.333. The molecule has 1 fully saturated rings. The van der Waals surface area contributed by atoms with Crippen LogP contribution in [0.5, 0.6) is 5.75 Å². The van der Waals surface area contributed by atoms with Gasteiger partial charge in [-0.15, -0.1) is 0 Å². The van der Waals surface area contributed by atoms with Crippen molar-refractivity contribution < 1.29 is 24.5 Å². The SMILES string of the molecule is O=C(O)CCc1ccc(OCC2CCCC2)c(-c2ccc3[nH]c(C(=O)O)cc3c2)c1. The molecule has 0 saturated heterocycles. The van der Waals surface area contributed by atoms with Crippen LogP contribution in [0.3, 0.4) is 0 Å². The maximum atomic E-state index is 11.3. The molecule has 6 heteroatoms. The minimum absolute atomic E-state index is 0.0700. The van der Waals surface area contributed by atoms with E-state index in [0.29, 0.717) is 18.9 Å². The molecule has 1 aliphatic carbocycles. The Balaban J connectivity index is 1.68. The molecule has 1 heterocycles. The van der Waals surface area contributed by atoms with E-state index < -0.39 is 11.9 Å². The third kappa shape index (κ3) is 4.48.